The molecule has 0 atom stereocenters. The summed E-state index contributed by atoms with van der Waals surface area (Å²) in [5, 5.41) is 0. The first-order valence-electron chi connectivity index (χ1n) is 5.67. The zero-order valence-electron chi connectivity index (χ0n) is 9.33. The van der Waals surface area contributed by atoms with E-state index in [2.05, 4.69) is 11.6 Å². The second kappa shape index (κ2) is 3.39. The first-order chi connectivity index (χ1) is 8.11. The van der Waals surface area contributed by atoms with Crippen molar-refractivity contribution < 1.29 is 13.9 Å². The summed E-state index contributed by atoms with van der Waals surface area (Å²) in [6.07, 6.45) is 4.55. The van der Waals surface area contributed by atoms with Crippen molar-refractivity contribution in [2.24, 2.45) is 0 Å². The van der Waals surface area contributed by atoms with E-state index in [-0.39, 0.29) is 0 Å². The maximum Gasteiger partial charge on any atom is 0.339 e. The number of nitrogens with zero attached hydrogens (tertiary/aromatic N) is 1. The average Bonchev–Trinajstić information content (AvgIpc) is 2.57. The second-order valence-electron chi connectivity index (χ2n) is 4.69. The first-order valence-corrected chi connectivity index (χ1v) is 5.67. The van der Waals surface area contributed by atoms with Crippen molar-refractivity contribution in [3.05, 3.63) is 41.5 Å². The lowest BCUT2D eigenvalue weighted by Gasteiger charge is -2.33. The second-order valence-corrected chi connectivity index (χ2v) is 4.69. The Labute approximate surface area is 98.3 Å². The summed E-state index contributed by atoms with van der Waals surface area (Å²) in [6.45, 7) is 3.94. The highest BCUT2D eigenvalue weighted by Gasteiger charge is 2.47. The Kier molecular flexibility index (Phi) is 2.08. The number of allylic oxidation sites excluding steroid dienone is 1. The summed E-state index contributed by atoms with van der Waals surface area (Å²) in [4.78, 5) is 15.4. The quantitative estimate of drug-likeness (QED) is 0.393. The maximum atomic E-state index is 13.0. The SMILES string of the molecule is C=C1CCC2(CC1)OC(=O)c1cc(F)ncc12. The van der Waals surface area contributed by atoms with Crippen molar-refractivity contribution in [3.8, 4) is 0 Å². The van der Waals surface area contributed by atoms with Crippen LogP contribution in [0.3, 0.4) is 0 Å². The van der Waals surface area contributed by atoms with Gasteiger partial charge in [-0.05, 0) is 25.7 Å². The third-order valence-corrected chi connectivity index (χ3v) is 3.63. The zero-order valence-corrected chi connectivity index (χ0v) is 9.33. The van der Waals surface area contributed by atoms with Gasteiger partial charge in [0, 0.05) is 17.8 Å². The molecular formula is C13H12FNO2. The molecule has 1 aromatic rings. The van der Waals surface area contributed by atoms with Crippen LogP contribution < -0.4 is 0 Å². The van der Waals surface area contributed by atoms with Crippen molar-refractivity contribution in [2.45, 2.75) is 31.3 Å². The fourth-order valence-corrected chi connectivity index (χ4v) is 2.63. The van der Waals surface area contributed by atoms with Crippen LogP contribution in [0, 0.1) is 5.95 Å². The normalized spacial score (nSPS) is 21.5. The Morgan fingerprint density at radius 3 is 2.82 bits per heavy atom. The van der Waals surface area contributed by atoms with Crippen molar-refractivity contribution in [2.75, 3.05) is 0 Å². The number of carbonyl (C=O) groups is 1. The van der Waals surface area contributed by atoms with Gasteiger partial charge in [0.15, 0.2) is 0 Å². The highest BCUT2D eigenvalue weighted by molar-refractivity contribution is 5.94. The minimum Gasteiger partial charge on any atom is -0.450 e. The Morgan fingerprint density at radius 2 is 2.12 bits per heavy atom. The van der Waals surface area contributed by atoms with Crippen LogP contribution in [0.15, 0.2) is 24.4 Å². The molecule has 88 valence electrons. The Hall–Kier alpha value is -1.71. The number of hydrogen-bond donors (Lipinski definition) is 0. The van der Waals surface area contributed by atoms with Gasteiger partial charge in [0.05, 0.1) is 5.56 Å². The predicted molar refractivity (Wildman–Crippen MR) is 58.9 cm³/mol. The molecule has 1 aliphatic heterocycles. The van der Waals surface area contributed by atoms with E-state index in [1.54, 1.807) is 0 Å². The summed E-state index contributed by atoms with van der Waals surface area (Å²) >= 11 is 0. The van der Waals surface area contributed by atoms with E-state index < -0.39 is 17.5 Å². The number of rotatable bonds is 0. The number of esters is 1. The van der Waals surface area contributed by atoms with Crippen molar-refractivity contribution >= 4 is 5.97 Å². The first kappa shape index (κ1) is 10.4. The van der Waals surface area contributed by atoms with E-state index in [9.17, 15) is 9.18 Å². The molecule has 0 unspecified atom stereocenters. The molecule has 0 aromatic carbocycles. The van der Waals surface area contributed by atoms with Crippen LogP contribution in [0.1, 0.15) is 41.6 Å². The van der Waals surface area contributed by atoms with E-state index in [0.29, 0.717) is 5.56 Å². The summed E-state index contributed by atoms with van der Waals surface area (Å²) < 4.78 is 18.5. The molecule has 1 spiro atoms. The highest BCUT2D eigenvalue weighted by Crippen LogP contribution is 2.47. The molecule has 0 saturated heterocycles. The molecule has 4 heteroatoms. The number of carbonyl (C=O) groups excluding carboxylic acids is 1. The van der Waals surface area contributed by atoms with E-state index in [1.807, 2.05) is 0 Å². The van der Waals surface area contributed by atoms with E-state index >= 15 is 0 Å². The summed E-state index contributed by atoms with van der Waals surface area (Å²) in [6, 6.07) is 1.16. The van der Waals surface area contributed by atoms with Gasteiger partial charge in [-0.1, -0.05) is 12.2 Å². The molecule has 2 aliphatic rings. The fraction of sp³-hybridized carbons (Fsp3) is 0.385. The van der Waals surface area contributed by atoms with Gasteiger partial charge in [-0.15, -0.1) is 0 Å². The van der Waals surface area contributed by atoms with Crippen LogP contribution in [0.25, 0.3) is 0 Å². The molecule has 3 nitrogen and oxygen atoms in total. The number of pyridine rings is 1. The Morgan fingerprint density at radius 1 is 1.41 bits per heavy atom. The Balaban J connectivity index is 2.06. The standard InChI is InChI=1S/C13H12FNO2/c1-8-2-4-13(5-3-8)10-7-15-11(14)6-9(10)12(16)17-13/h6-7H,1-5H2. The molecule has 2 heterocycles. The fourth-order valence-electron chi connectivity index (χ4n) is 2.63. The van der Waals surface area contributed by atoms with Gasteiger partial charge < -0.3 is 4.74 Å². The van der Waals surface area contributed by atoms with Crippen LogP contribution in [0.2, 0.25) is 0 Å². The number of fused-ring (bicyclic) bond motifs is 2. The van der Waals surface area contributed by atoms with Crippen molar-refractivity contribution in [1.82, 2.24) is 4.98 Å². The minimum absolute atomic E-state index is 0.324. The molecule has 0 bridgehead atoms. The Bertz CT molecular complexity index is 514. The third-order valence-electron chi connectivity index (χ3n) is 3.63. The lowest BCUT2D eigenvalue weighted by atomic mass is 9.78. The summed E-state index contributed by atoms with van der Waals surface area (Å²) in [5.74, 6) is -1.08. The topological polar surface area (TPSA) is 39.2 Å². The smallest absolute Gasteiger partial charge is 0.339 e. The molecule has 1 saturated carbocycles. The number of hydrogen-bond acceptors (Lipinski definition) is 3. The van der Waals surface area contributed by atoms with E-state index in [1.165, 1.54) is 11.8 Å². The molecule has 1 aromatic heterocycles. The van der Waals surface area contributed by atoms with Gasteiger partial charge in [-0.3, -0.25) is 0 Å². The average molecular weight is 233 g/mol. The monoisotopic (exact) mass is 233 g/mol. The maximum absolute atomic E-state index is 13.0. The molecule has 0 radical (unpaired) electrons. The van der Waals surface area contributed by atoms with Crippen LogP contribution >= 0.6 is 0 Å². The molecular weight excluding hydrogens is 221 g/mol. The van der Waals surface area contributed by atoms with E-state index in [0.717, 1.165) is 37.3 Å². The van der Waals surface area contributed by atoms with Crippen LogP contribution in [0.4, 0.5) is 4.39 Å². The number of halogens is 1. The zero-order chi connectivity index (χ0) is 12.0. The van der Waals surface area contributed by atoms with Crippen LogP contribution in [0.5, 0.6) is 0 Å². The lowest BCUT2D eigenvalue weighted by Crippen LogP contribution is -2.29. The third kappa shape index (κ3) is 1.47. The van der Waals surface area contributed by atoms with Crippen molar-refractivity contribution in [3.63, 3.8) is 0 Å². The van der Waals surface area contributed by atoms with Gasteiger partial charge in [-0.2, -0.15) is 4.39 Å². The molecule has 17 heavy (non-hydrogen) atoms. The summed E-state index contributed by atoms with van der Waals surface area (Å²) in [7, 11) is 0. The van der Waals surface area contributed by atoms with Crippen LogP contribution in [-0.2, 0) is 10.3 Å². The molecule has 0 N–H and O–H groups in total. The molecule has 0 amide bonds. The lowest BCUT2D eigenvalue weighted by molar-refractivity contribution is -0.0225. The molecule has 1 fully saturated rings. The minimum atomic E-state index is -0.641. The van der Waals surface area contributed by atoms with Gasteiger partial charge in [0.2, 0.25) is 5.95 Å². The van der Waals surface area contributed by atoms with Crippen LogP contribution in [-0.4, -0.2) is 11.0 Å². The van der Waals surface area contributed by atoms with Crippen molar-refractivity contribution in [1.29, 1.82) is 0 Å². The molecule has 3 rings (SSSR count). The van der Waals surface area contributed by atoms with E-state index in [4.69, 9.17) is 4.74 Å². The van der Waals surface area contributed by atoms with Gasteiger partial charge in [0.25, 0.3) is 0 Å². The van der Waals surface area contributed by atoms with Gasteiger partial charge in [0.1, 0.15) is 5.60 Å². The number of ether oxygens (including phenoxy) is 1. The predicted octanol–water partition coefficient (Wildman–Crippen LogP) is 2.72. The molecule has 1 aliphatic carbocycles. The van der Waals surface area contributed by atoms with Gasteiger partial charge >= 0.3 is 5.97 Å². The highest BCUT2D eigenvalue weighted by atomic mass is 19.1. The van der Waals surface area contributed by atoms with Gasteiger partial charge in [-0.25, -0.2) is 9.78 Å². The summed E-state index contributed by atoms with van der Waals surface area (Å²) in [5.41, 5.74) is 1.64. The largest absolute Gasteiger partial charge is 0.450 e. The number of aromatic nitrogens is 1.